The van der Waals surface area contributed by atoms with E-state index in [0.717, 1.165) is 16.5 Å². The maximum Gasteiger partial charge on any atom is 0.373 e. The molecule has 3 aromatic rings. The number of fused-ring (bicyclic) bond motifs is 1. The molecule has 0 radical (unpaired) electrons. The summed E-state index contributed by atoms with van der Waals surface area (Å²) < 4.78 is 0. The van der Waals surface area contributed by atoms with Crippen LogP contribution < -0.4 is 5.32 Å². The Hall–Kier alpha value is -3.54. The Morgan fingerprint density at radius 1 is 1.12 bits per heavy atom. The van der Waals surface area contributed by atoms with E-state index in [1.54, 1.807) is 12.1 Å². The van der Waals surface area contributed by atoms with Crippen molar-refractivity contribution in [3.8, 4) is 11.1 Å². The molecule has 3 rings (SSSR count). The second-order valence-electron chi connectivity index (χ2n) is 5.05. The van der Waals surface area contributed by atoms with Gasteiger partial charge in [-0.3, -0.25) is 4.79 Å². The van der Waals surface area contributed by atoms with Crippen LogP contribution in [0, 0.1) is 0 Å². The average Bonchev–Trinajstić information content (AvgIpc) is 2.60. The van der Waals surface area contributed by atoms with E-state index in [1.807, 2.05) is 30.3 Å². The van der Waals surface area contributed by atoms with Crippen LogP contribution >= 0.6 is 0 Å². The highest BCUT2D eigenvalue weighted by molar-refractivity contribution is 5.99. The third-order valence-electron chi connectivity index (χ3n) is 3.42. The van der Waals surface area contributed by atoms with Crippen molar-refractivity contribution in [2.75, 3.05) is 5.32 Å². The number of hydrogen-bond acceptors (Lipinski definition) is 4. The molecule has 24 heavy (non-hydrogen) atoms. The molecule has 0 aliphatic carbocycles. The smallest absolute Gasteiger partial charge is 0.373 e. The number of nitrogens with zero attached hydrogens (tertiary/aromatic N) is 2. The summed E-state index contributed by atoms with van der Waals surface area (Å²) in [5, 5.41) is 12.5. The molecule has 2 N–H and O–H groups in total. The highest BCUT2D eigenvalue weighted by Crippen LogP contribution is 2.25. The third kappa shape index (κ3) is 3.12. The number of carboxylic acid groups (broad SMARTS) is 1. The molecule has 6 nitrogen and oxygen atoms in total. The van der Waals surface area contributed by atoms with E-state index in [4.69, 9.17) is 5.11 Å². The summed E-state index contributed by atoms with van der Waals surface area (Å²) in [4.78, 5) is 30.3. The zero-order valence-corrected chi connectivity index (χ0v) is 12.6. The molecule has 1 heterocycles. The number of benzene rings is 2. The fourth-order valence-electron chi connectivity index (χ4n) is 2.28. The second kappa shape index (κ2) is 6.29. The van der Waals surface area contributed by atoms with E-state index in [-0.39, 0.29) is 11.7 Å². The number of carbonyl (C=O) groups is 2. The van der Waals surface area contributed by atoms with Gasteiger partial charge in [0.15, 0.2) is 0 Å². The summed E-state index contributed by atoms with van der Waals surface area (Å²) in [5.41, 5.74) is 2.91. The number of carbonyl (C=O) groups excluding carboxylic acids is 1. The zero-order chi connectivity index (χ0) is 17.1. The van der Waals surface area contributed by atoms with E-state index in [2.05, 4.69) is 21.9 Å². The summed E-state index contributed by atoms with van der Waals surface area (Å²) >= 11 is 0. The summed E-state index contributed by atoms with van der Waals surface area (Å²) in [5.74, 6) is -1.70. The first-order valence-corrected chi connectivity index (χ1v) is 7.11. The van der Waals surface area contributed by atoms with Gasteiger partial charge in [-0.05, 0) is 35.4 Å². The van der Waals surface area contributed by atoms with Gasteiger partial charge in [0.1, 0.15) is 0 Å². The normalized spacial score (nSPS) is 10.3. The van der Waals surface area contributed by atoms with Gasteiger partial charge in [0.2, 0.25) is 11.7 Å². The fraction of sp³-hybridized carbons (Fsp3) is 0. The maximum absolute atomic E-state index is 11.4. The molecular weight excluding hydrogens is 306 g/mol. The van der Waals surface area contributed by atoms with Crippen LogP contribution in [0.2, 0.25) is 0 Å². The van der Waals surface area contributed by atoms with E-state index in [9.17, 15) is 9.59 Å². The highest BCUT2D eigenvalue weighted by Gasteiger charge is 2.09. The number of hydrogen-bond donors (Lipinski definition) is 2. The molecule has 118 valence electrons. The van der Waals surface area contributed by atoms with Gasteiger partial charge in [-0.15, -0.1) is 0 Å². The van der Waals surface area contributed by atoms with Gasteiger partial charge in [0.05, 0.1) is 5.52 Å². The quantitative estimate of drug-likeness (QED) is 0.721. The van der Waals surface area contributed by atoms with Crippen molar-refractivity contribution in [1.82, 2.24) is 9.97 Å². The van der Waals surface area contributed by atoms with E-state index in [0.29, 0.717) is 11.2 Å². The lowest BCUT2D eigenvalue weighted by Crippen LogP contribution is -2.07. The zero-order valence-electron chi connectivity index (χ0n) is 12.6. The number of aromatic nitrogens is 2. The van der Waals surface area contributed by atoms with E-state index in [1.165, 1.54) is 12.3 Å². The van der Waals surface area contributed by atoms with Gasteiger partial charge in [-0.1, -0.05) is 30.8 Å². The molecule has 0 aliphatic heterocycles. The molecule has 0 spiro atoms. The van der Waals surface area contributed by atoms with Crippen LogP contribution in [0.4, 0.5) is 5.69 Å². The van der Waals surface area contributed by atoms with Crippen LogP contribution in [0.3, 0.4) is 0 Å². The third-order valence-corrected chi connectivity index (χ3v) is 3.42. The molecule has 0 bridgehead atoms. The lowest BCUT2D eigenvalue weighted by Gasteiger charge is -2.07. The standard InChI is InChI=1S/C18H13N3O3/c1-2-16(22)20-14-5-3-4-11(8-14)12-6-7-13-10-19-17(18(23)24)21-15(13)9-12/h2-10H,1H2,(H,20,22)(H,23,24). The van der Waals surface area contributed by atoms with Crippen molar-refractivity contribution >= 4 is 28.5 Å². The minimum Gasteiger partial charge on any atom is -0.475 e. The summed E-state index contributed by atoms with van der Waals surface area (Å²) in [6, 6.07) is 12.8. The largest absolute Gasteiger partial charge is 0.475 e. The molecule has 1 aromatic heterocycles. The fourth-order valence-corrected chi connectivity index (χ4v) is 2.28. The molecule has 0 saturated carbocycles. The molecule has 0 unspecified atom stereocenters. The molecule has 2 aromatic carbocycles. The van der Waals surface area contributed by atoms with Crippen molar-refractivity contribution in [3.05, 3.63) is 67.1 Å². The van der Waals surface area contributed by atoms with Crippen molar-refractivity contribution in [1.29, 1.82) is 0 Å². The first-order chi connectivity index (χ1) is 11.6. The lowest BCUT2D eigenvalue weighted by molar-refractivity contribution is -0.111. The number of nitrogens with one attached hydrogen (secondary N) is 1. The monoisotopic (exact) mass is 319 g/mol. The SMILES string of the molecule is C=CC(=O)Nc1cccc(-c2ccc3cnc(C(=O)O)nc3c2)c1. The Labute approximate surface area is 137 Å². The summed E-state index contributed by atoms with van der Waals surface area (Å²) in [7, 11) is 0. The predicted molar refractivity (Wildman–Crippen MR) is 90.8 cm³/mol. The number of aromatic carboxylic acids is 1. The molecule has 0 saturated heterocycles. The number of anilines is 1. The molecule has 0 aliphatic rings. The van der Waals surface area contributed by atoms with E-state index >= 15 is 0 Å². The minimum absolute atomic E-state index is 0.244. The first kappa shape index (κ1) is 15.4. The minimum atomic E-state index is -1.17. The summed E-state index contributed by atoms with van der Waals surface area (Å²) in [6.45, 7) is 3.42. The van der Waals surface area contributed by atoms with Crippen LogP contribution in [0.5, 0.6) is 0 Å². The Morgan fingerprint density at radius 2 is 1.92 bits per heavy atom. The predicted octanol–water partition coefficient (Wildman–Crippen LogP) is 3.12. The number of rotatable bonds is 4. The highest BCUT2D eigenvalue weighted by atomic mass is 16.4. The van der Waals surface area contributed by atoms with Crippen molar-refractivity contribution in [3.63, 3.8) is 0 Å². The molecule has 0 fully saturated rings. The van der Waals surface area contributed by atoms with Gasteiger partial charge in [-0.2, -0.15) is 0 Å². The van der Waals surface area contributed by atoms with Gasteiger partial charge in [-0.25, -0.2) is 14.8 Å². The Morgan fingerprint density at radius 3 is 2.67 bits per heavy atom. The Balaban J connectivity index is 2.02. The van der Waals surface area contributed by atoms with Crippen LogP contribution in [-0.4, -0.2) is 27.0 Å². The maximum atomic E-state index is 11.4. The second-order valence-corrected chi connectivity index (χ2v) is 5.05. The number of amides is 1. The molecule has 6 heteroatoms. The first-order valence-electron chi connectivity index (χ1n) is 7.11. The van der Waals surface area contributed by atoms with Gasteiger partial charge in [0, 0.05) is 17.3 Å². The molecule has 0 atom stereocenters. The average molecular weight is 319 g/mol. The van der Waals surface area contributed by atoms with Gasteiger partial charge >= 0.3 is 5.97 Å². The van der Waals surface area contributed by atoms with Crippen LogP contribution in [-0.2, 0) is 4.79 Å². The van der Waals surface area contributed by atoms with Gasteiger partial charge in [0.25, 0.3) is 0 Å². The van der Waals surface area contributed by atoms with Gasteiger partial charge < -0.3 is 10.4 Å². The van der Waals surface area contributed by atoms with Crippen LogP contribution in [0.15, 0.2) is 61.3 Å². The van der Waals surface area contributed by atoms with Crippen LogP contribution in [0.25, 0.3) is 22.0 Å². The molecule has 1 amide bonds. The lowest BCUT2D eigenvalue weighted by atomic mass is 10.0. The van der Waals surface area contributed by atoms with Crippen LogP contribution in [0.1, 0.15) is 10.6 Å². The van der Waals surface area contributed by atoms with Crippen molar-refractivity contribution in [2.24, 2.45) is 0 Å². The topological polar surface area (TPSA) is 92.2 Å². The Kier molecular flexibility index (Phi) is 4.03. The number of carboxylic acids is 1. The van der Waals surface area contributed by atoms with E-state index < -0.39 is 5.97 Å². The van der Waals surface area contributed by atoms with Crippen molar-refractivity contribution in [2.45, 2.75) is 0 Å². The Bertz CT molecular complexity index is 967. The van der Waals surface area contributed by atoms with Crippen molar-refractivity contribution < 1.29 is 14.7 Å². The molecular formula is C18H13N3O3. The summed E-state index contributed by atoms with van der Waals surface area (Å²) in [6.07, 6.45) is 2.68.